The molecule has 1 saturated heterocycles. The van der Waals surface area contributed by atoms with Crippen molar-refractivity contribution in [2.45, 2.75) is 58.2 Å². The molecular weight excluding hydrogens is 180 g/mol. The predicted octanol–water partition coefficient (Wildman–Crippen LogP) is 1.88. The molecule has 1 rings (SSSR count). The second-order valence-electron chi connectivity index (χ2n) is 4.15. The average Bonchev–Trinajstić information content (AvgIpc) is 2.14. The average molecular weight is 200 g/mol. The number of hydrogen-bond acceptors (Lipinski definition) is 3. The zero-order valence-corrected chi connectivity index (χ0v) is 9.03. The summed E-state index contributed by atoms with van der Waals surface area (Å²) in [5.74, 6) is -0.595. The zero-order valence-electron chi connectivity index (χ0n) is 9.03. The van der Waals surface area contributed by atoms with Gasteiger partial charge in [0, 0.05) is 6.42 Å². The minimum Gasteiger partial charge on any atom is -0.462 e. The quantitative estimate of drug-likeness (QED) is 0.556. The summed E-state index contributed by atoms with van der Waals surface area (Å²) >= 11 is 0. The number of esters is 1. The molecule has 14 heavy (non-hydrogen) atoms. The van der Waals surface area contributed by atoms with E-state index in [1.165, 1.54) is 12.8 Å². The van der Waals surface area contributed by atoms with Crippen LogP contribution in [0, 0.1) is 5.92 Å². The van der Waals surface area contributed by atoms with E-state index < -0.39 is 6.10 Å². The van der Waals surface area contributed by atoms with Crippen molar-refractivity contribution in [3.05, 3.63) is 0 Å². The Bertz CT molecular complexity index is 191. The van der Waals surface area contributed by atoms with E-state index in [0.29, 0.717) is 6.42 Å². The van der Waals surface area contributed by atoms with Crippen molar-refractivity contribution in [2.75, 3.05) is 0 Å². The summed E-state index contributed by atoms with van der Waals surface area (Å²) in [5, 5.41) is 9.57. The third kappa shape index (κ3) is 2.98. The predicted molar refractivity (Wildman–Crippen MR) is 53.8 cm³/mol. The number of ether oxygens (including phenoxy) is 1. The molecule has 1 aliphatic rings. The van der Waals surface area contributed by atoms with Gasteiger partial charge in [0.2, 0.25) is 0 Å². The maximum absolute atomic E-state index is 11.3. The molecule has 3 heteroatoms. The highest BCUT2D eigenvalue weighted by Crippen LogP contribution is 2.23. The van der Waals surface area contributed by atoms with Crippen LogP contribution in [0.15, 0.2) is 0 Å². The van der Waals surface area contributed by atoms with E-state index in [0.717, 1.165) is 12.8 Å². The summed E-state index contributed by atoms with van der Waals surface area (Å²) in [5.41, 5.74) is 0. The fourth-order valence-corrected chi connectivity index (χ4v) is 1.75. The van der Waals surface area contributed by atoms with Gasteiger partial charge in [-0.25, -0.2) is 0 Å². The molecule has 3 nitrogen and oxygen atoms in total. The summed E-state index contributed by atoms with van der Waals surface area (Å²) in [6.07, 6.45) is 4.35. The molecule has 1 heterocycles. The Kier molecular flexibility index (Phi) is 4.39. The zero-order chi connectivity index (χ0) is 10.6. The van der Waals surface area contributed by atoms with Crippen molar-refractivity contribution in [3.8, 4) is 0 Å². The molecule has 0 bridgehead atoms. The molecule has 1 aliphatic heterocycles. The molecule has 0 spiro atoms. The van der Waals surface area contributed by atoms with Crippen LogP contribution in [-0.4, -0.2) is 23.3 Å². The van der Waals surface area contributed by atoms with E-state index in [2.05, 4.69) is 6.92 Å². The van der Waals surface area contributed by atoms with E-state index in [1.54, 1.807) is 6.92 Å². The molecule has 1 N–H and O–H groups in total. The Hall–Kier alpha value is -0.570. The number of unbranched alkanes of at least 4 members (excludes halogenated alkanes) is 2. The molecule has 0 aliphatic carbocycles. The van der Waals surface area contributed by atoms with Crippen LogP contribution in [0.2, 0.25) is 0 Å². The van der Waals surface area contributed by atoms with Crippen LogP contribution in [-0.2, 0) is 9.53 Å². The van der Waals surface area contributed by atoms with Gasteiger partial charge in [-0.05, 0) is 19.8 Å². The van der Waals surface area contributed by atoms with Crippen LogP contribution in [0.1, 0.15) is 46.0 Å². The molecule has 0 radical (unpaired) electrons. The molecule has 0 aromatic rings. The van der Waals surface area contributed by atoms with Crippen molar-refractivity contribution >= 4 is 5.97 Å². The van der Waals surface area contributed by atoms with Gasteiger partial charge in [-0.3, -0.25) is 4.79 Å². The monoisotopic (exact) mass is 200 g/mol. The van der Waals surface area contributed by atoms with Gasteiger partial charge in [0.1, 0.15) is 6.10 Å². The van der Waals surface area contributed by atoms with Gasteiger partial charge in [-0.1, -0.05) is 19.8 Å². The van der Waals surface area contributed by atoms with Crippen molar-refractivity contribution < 1.29 is 14.6 Å². The lowest BCUT2D eigenvalue weighted by atomic mass is 9.93. The second kappa shape index (κ2) is 5.35. The highest BCUT2D eigenvalue weighted by Gasteiger charge is 2.33. The minimum absolute atomic E-state index is 0.0553. The maximum atomic E-state index is 11.3. The number of rotatable bonds is 4. The van der Waals surface area contributed by atoms with Gasteiger partial charge in [0.05, 0.1) is 12.0 Å². The van der Waals surface area contributed by atoms with Gasteiger partial charge < -0.3 is 9.84 Å². The first kappa shape index (κ1) is 11.5. The van der Waals surface area contributed by atoms with E-state index in [1.807, 2.05) is 0 Å². The Morgan fingerprint density at radius 3 is 2.79 bits per heavy atom. The van der Waals surface area contributed by atoms with Gasteiger partial charge in [-0.15, -0.1) is 0 Å². The minimum atomic E-state index is -0.511. The van der Waals surface area contributed by atoms with E-state index in [-0.39, 0.29) is 18.0 Å². The molecule has 1 fully saturated rings. The van der Waals surface area contributed by atoms with Crippen LogP contribution in [0.5, 0.6) is 0 Å². The molecule has 0 aromatic carbocycles. The number of aliphatic hydroxyl groups excluding tert-OH is 1. The van der Waals surface area contributed by atoms with Crippen LogP contribution in [0.3, 0.4) is 0 Å². The summed E-state index contributed by atoms with van der Waals surface area (Å²) in [4.78, 5) is 11.3. The van der Waals surface area contributed by atoms with Crippen LogP contribution in [0.25, 0.3) is 0 Å². The number of carbonyl (C=O) groups is 1. The maximum Gasteiger partial charge on any atom is 0.311 e. The number of aliphatic hydroxyl groups is 1. The standard InChI is InChI=1S/C11H20O3/c1-3-4-5-6-9-7-10(12)8(2)11(13)14-9/h8-10,12H,3-7H2,1-2H3/t8-,9-,10+/m0/s1. The number of hydrogen-bond donors (Lipinski definition) is 1. The van der Waals surface area contributed by atoms with Crippen LogP contribution >= 0.6 is 0 Å². The normalized spacial score (nSPS) is 32.8. The fraction of sp³-hybridized carbons (Fsp3) is 0.909. The molecule has 0 unspecified atom stereocenters. The Balaban J connectivity index is 2.31. The Morgan fingerprint density at radius 1 is 1.50 bits per heavy atom. The summed E-state index contributed by atoms with van der Waals surface area (Å²) in [6, 6.07) is 0. The SMILES string of the molecule is CCCCC[C@H]1C[C@@H](O)[C@H](C)C(=O)O1. The van der Waals surface area contributed by atoms with Gasteiger partial charge in [-0.2, -0.15) is 0 Å². The second-order valence-corrected chi connectivity index (χ2v) is 4.15. The highest BCUT2D eigenvalue weighted by molar-refractivity contribution is 5.73. The van der Waals surface area contributed by atoms with Crippen molar-refractivity contribution in [1.82, 2.24) is 0 Å². The summed E-state index contributed by atoms with van der Waals surface area (Å²) in [6.45, 7) is 3.86. The van der Waals surface area contributed by atoms with Crippen molar-refractivity contribution in [1.29, 1.82) is 0 Å². The number of cyclic esters (lactones) is 1. The van der Waals surface area contributed by atoms with E-state index in [9.17, 15) is 9.90 Å². The lowest BCUT2D eigenvalue weighted by molar-refractivity contribution is -0.169. The lowest BCUT2D eigenvalue weighted by Crippen LogP contribution is -2.39. The molecular formula is C11H20O3. The van der Waals surface area contributed by atoms with Gasteiger partial charge >= 0.3 is 5.97 Å². The lowest BCUT2D eigenvalue weighted by Gasteiger charge is -2.30. The Labute approximate surface area is 85.5 Å². The van der Waals surface area contributed by atoms with Gasteiger partial charge in [0.25, 0.3) is 0 Å². The van der Waals surface area contributed by atoms with Crippen molar-refractivity contribution in [3.63, 3.8) is 0 Å². The summed E-state index contributed by atoms with van der Waals surface area (Å²) in [7, 11) is 0. The molecule has 0 aromatic heterocycles. The Morgan fingerprint density at radius 2 is 2.21 bits per heavy atom. The molecule has 0 saturated carbocycles. The molecule has 82 valence electrons. The van der Waals surface area contributed by atoms with Crippen molar-refractivity contribution in [2.24, 2.45) is 5.92 Å². The number of carbonyl (C=O) groups excluding carboxylic acids is 1. The smallest absolute Gasteiger partial charge is 0.311 e. The first-order valence-electron chi connectivity index (χ1n) is 5.53. The van der Waals surface area contributed by atoms with Crippen LogP contribution in [0.4, 0.5) is 0 Å². The first-order chi connectivity index (χ1) is 6.65. The largest absolute Gasteiger partial charge is 0.462 e. The summed E-state index contributed by atoms with van der Waals surface area (Å²) < 4.78 is 5.22. The van der Waals surface area contributed by atoms with Crippen LogP contribution < -0.4 is 0 Å². The third-order valence-corrected chi connectivity index (χ3v) is 2.87. The van der Waals surface area contributed by atoms with E-state index >= 15 is 0 Å². The highest BCUT2D eigenvalue weighted by atomic mass is 16.5. The van der Waals surface area contributed by atoms with E-state index in [4.69, 9.17) is 4.74 Å². The topological polar surface area (TPSA) is 46.5 Å². The van der Waals surface area contributed by atoms with Gasteiger partial charge in [0.15, 0.2) is 0 Å². The fourth-order valence-electron chi connectivity index (χ4n) is 1.75. The third-order valence-electron chi connectivity index (χ3n) is 2.87. The first-order valence-corrected chi connectivity index (χ1v) is 5.53. The molecule has 3 atom stereocenters. The molecule has 0 amide bonds.